The number of anilines is 1. The summed E-state index contributed by atoms with van der Waals surface area (Å²) in [5.41, 5.74) is 4.66. The molecule has 5 heteroatoms. The highest BCUT2D eigenvalue weighted by Crippen LogP contribution is 2.42. The van der Waals surface area contributed by atoms with E-state index in [2.05, 4.69) is 75.5 Å². The molecular weight excluding hydrogens is 376 g/mol. The highest BCUT2D eigenvalue weighted by Gasteiger charge is 2.41. The monoisotopic (exact) mass is 402 g/mol. The number of nitrogens with zero attached hydrogens (tertiary/aromatic N) is 3. The Balaban J connectivity index is 1.56. The second-order valence-electron chi connectivity index (χ2n) is 8.16. The number of aryl methyl sites for hydroxylation is 1. The molecule has 148 valence electrons. The maximum atomic E-state index is 5.80. The molecule has 1 N–H and O–H groups in total. The van der Waals surface area contributed by atoms with Crippen LogP contribution >= 0.6 is 12.2 Å². The molecule has 5 rings (SSSR count). The Morgan fingerprint density at radius 2 is 1.83 bits per heavy atom. The number of aromatic nitrogens is 2. The van der Waals surface area contributed by atoms with Crippen molar-refractivity contribution in [1.29, 1.82) is 0 Å². The third-order valence-corrected chi connectivity index (χ3v) is 6.55. The molecule has 2 aromatic heterocycles. The molecule has 2 aliphatic rings. The minimum absolute atomic E-state index is 0.0180. The molecule has 2 fully saturated rings. The molecule has 1 aromatic carbocycles. The highest BCUT2D eigenvalue weighted by atomic mass is 32.1. The van der Waals surface area contributed by atoms with Gasteiger partial charge in [0.25, 0.3) is 0 Å². The number of pyridine rings is 1. The summed E-state index contributed by atoms with van der Waals surface area (Å²) in [4.78, 5) is 6.89. The van der Waals surface area contributed by atoms with E-state index >= 15 is 0 Å². The summed E-state index contributed by atoms with van der Waals surface area (Å²) < 4.78 is 2.41. The van der Waals surface area contributed by atoms with Gasteiger partial charge in [-0.1, -0.05) is 36.6 Å². The molecule has 3 aromatic rings. The number of benzene rings is 1. The van der Waals surface area contributed by atoms with E-state index in [1.54, 1.807) is 0 Å². The normalized spacial score (nSPS) is 22.2. The lowest BCUT2D eigenvalue weighted by Gasteiger charge is -2.27. The van der Waals surface area contributed by atoms with Gasteiger partial charge in [0.15, 0.2) is 5.11 Å². The summed E-state index contributed by atoms with van der Waals surface area (Å²) in [5, 5.41) is 4.30. The van der Waals surface area contributed by atoms with Gasteiger partial charge in [0, 0.05) is 30.3 Å². The minimum Gasteiger partial charge on any atom is -0.351 e. The van der Waals surface area contributed by atoms with Crippen LogP contribution in [0, 0.1) is 6.92 Å². The summed E-state index contributed by atoms with van der Waals surface area (Å²) in [5.74, 6) is 0. The van der Waals surface area contributed by atoms with Crippen LogP contribution in [0.2, 0.25) is 0 Å². The molecular formula is C24H26N4S. The standard InChI is InChI=1S/C24H26N4S/c1-17-9-11-20(12-10-17)28-23(18-13-15-27(16-18)19-6-2-3-7-19)22(26-24(28)29)21-8-4-5-14-25-21/h4-5,8-16,19,22-23H,2-3,6-7H2,1H3,(H,26,29)/t22-,23-/m0/s1. The quantitative estimate of drug-likeness (QED) is 0.586. The first-order valence-electron chi connectivity index (χ1n) is 10.5. The van der Waals surface area contributed by atoms with Crippen molar-refractivity contribution in [2.24, 2.45) is 0 Å². The number of hydrogen-bond donors (Lipinski definition) is 1. The molecule has 0 radical (unpaired) electrons. The van der Waals surface area contributed by atoms with Crippen LogP contribution in [-0.4, -0.2) is 14.7 Å². The van der Waals surface area contributed by atoms with Gasteiger partial charge in [0.05, 0.1) is 17.8 Å². The smallest absolute Gasteiger partial charge is 0.174 e. The fourth-order valence-corrected chi connectivity index (χ4v) is 5.06. The number of hydrogen-bond acceptors (Lipinski definition) is 2. The molecule has 0 spiro atoms. The molecule has 1 aliphatic heterocycles. The van der Waals surface area contributed by atoms with E-state index in [9.17, 15) is 0 Å². The van der Waals surface area contributed by atoms with Gasteiger partial charge in [-0.2, -0.15) is 0 Å². The lowest BCUT2D eigenvalue weighted by atomic mass is 9.98. The van der Waals surface area contributed by atoms with E-state index < -0.39 is 0 Å². The summed E-state index contributed by atoms with van der Waals surface area (Å²) in [6.45, 7) is 2.11. The maximum Gasteiger partial charge on any atom is 0.174 e. The van der Waals surface area contributed by atoms with Crippen molar-refractivity contribution >= 4 is 23.0 Å². The van der Waals surface area contributed by atoms with Crippen LogP contribution in [-0.2, 0) is 0 Å². The lowest BCUT2D eigenvalue weighted by molar-refractivity contribution is 0.515. The van der Waals surface area contributed by atoms with E-state index in [1.807, 2.05) is 18.3 Å². The second kappa shape index (κ2) is 7.64. The van der Waals surface area contributed by atoms with E-state index in [1.165, 1.54) is 36.8 Å². The zero-order valence-electron chi connectivity index (χ0n) is 16.7. The zero-order valence-corrected chi connectivity index (χ0v) is 17.5. The Hall–Kier alpha value is -2.66. The summed E-state index contributed by atoms with van der Waals surface area (Å²) in [6, 6.07) is 17.7. The van der Waals surface area contributed by atoms with Crippen molar-refractivity contribution in [2.75, 3.05) is 4.90 Å². The minimum atomic E-state index is 0.0180. The summed E-state index contributed by atoms with van der Waals surface area (Å²) >= 11 is 5.80. The largest absolute Gasteiger partial charge is 0.351 e. The molecule has 4 nitrogen and oxygen atoms in total. The van der Waals surface area contributed by atoms with Crippen molar-refractivity contribution in [2.45, 2.75) is 50.7 Å². The first-order valence-corrected chi connectivity index (χ1v) is 10.9. The van der Waals surface area contributed by atoms with Crippen molar-refractivity contribution in [1.82, 2.24) is 14.9 Å². The van der Waals surface area contributed by atoms with Crippen LogP contribution in [0.4, 0.5) is 5.69 Å². The summed E-state index contributed by atoms with van der Waals surface area (Å²) in [7, 11) is 0. The maximum absolute atomic E-state index is 5.80. The lowest BCUT2D eigenvalue weighted by Crippen LogP contribution is -2.29. The van der Waals surface area contributed by atoms with Crippen LogP contribution in [0.1, 0.15) is 60.6 Å². The molecule has 1 saturated carbocycles. The highest BCUT2D eigenvalue weighted by molar-refractivity contribution is 7.80. The van der Waals surface area contributed by atoms with Crippen molar-refractivity contribution in [3.63, 3.8) is 0 Å². The van der Waals surface area contributed by atoms with E-state index in [4.69, 9.17) is 12.2 Å². The van der Waals surface area contributed by atoms with Gasteiger partial charge >= 0.3 is 0 Å². The molecule has 29 heavy (non-hydrogen) atoms. The number of rotatable bonds is 4. The predicted molar refractivity (Wildman–Crippen MR) is 121 cm³/mol. The van der Waals surface area contributed by atoms with Crippen LogP contribution in [0.15, 0.2) is 67.1 Å². The number of nitrogens with one attached hydrogen (secondary N) is 1. The molecule has 0 unspecified atom stereocenters. The van der Waals surface area contributed by atoms with Gasteiger partial charge in [-0.3, -0.25) is 4.98 Å². The SMILES string of the molecule is Cc1ccc(N2C(=S)N[C@@H](c3ccccn3)[C@@H]2c2ccn(C3CCCC3)c2)cc1. The molecule has 1 aliphatic carbocycles. The second-order valence-corrected chi connectivity index (χ2v) is 8.55. The van der Waals surface area contributed by atoms with Crippen LogP contribution < -0.4 is 10.2 Å². The third-order valence-electron chi connectivity index (χ3n) is 6.24. The zero-order chi connectivity index (χ0) is 19.8. The molecule has 0 amide bonds. The predicted octanol–water partition coefficient (Wildman–Crippen LogP) is 5.48. The molecule has 2 atom stereocenters. The van der Waals surface area contributed by atoms with Crippen LogP contribution in [0.5, 0.6) is 0 Å². The molecule has 3 heterocycles. The Labute approximate surface area is 177 Å². The van der Waals surface area contributed by atoms with Crippen molar-refractivity contribution in [3.8, 4) is 0 Å². The van der Waals surface area contributed by atoms with E-state index in [0.717, 1.165) is 16.5 Å². The first kappa shape index (κ1) is 18.4. The van der Waals surface area contributed by atoms with Crippen LogP contribution in [0.3, 0.4) is 0 Å². The van der Waals surface area contributed by atoms with Crippen molar-refractivity contribution in [3.05, 3.63) is 83.9 Å². The van der Waals surface area contributed by atoms with Gasteiger partial charge in [-0.25, -0.2) is 0 Å². The topological polar surface area (TPSA) is 33.1 Å². The third kappa shape index (κ3) is 3.44. The van der Waals surface area contributed by atoms with Gasteiger partial charge in [-0.05, 0) is 67.9 Å². The Morgan fingerprint density at radius 3 is 2.55 bits per heavy atom. The Morgan fingerprint density at radius 1 is 1.03 bits per heavy atom. The van der Waals surface area contributed by atoms with Gasteiger partial charge < -0.3 is 14.8 Å². The average molecular weight is 403 g/mol. The van der Waals surface area contributed by atoms with Crippen LogP contribution in [0.25, 0.3) is 0 Å². The average Bonchev–Trinajstić information content (AvgIpc) is 3.49. The first-order chi connectivity index (χ1) is 14.2. The van der Waals surface area contributed by atoms with Gasteiger partial charge in [-0.15, -0.1) is 0 Å². The van der Waals surface area contributed by atoms with Gasteiger partial charge in [0.2, 0.25) is 0 Å². The van der Waals surface area contributed by atoms with Crippen molar-refractivity contribution < 1.29 is 0 Å². The Kier molecular flexibility index (Phi) is 4.84. The van der Waals surface area contributed by atoms with E-state index in [0.29, 0.717) is 6.04 Å². The molecule has 1 saturated heterocycles. The van der Waals surface area contributed by atoms with E-state index in [-0.39, 0.29) is 12.1 Å². The number of thiocarbonyl (C=S) groups is 1. The fourth-order valence-electron chi connectivity index (χ4n) is 4.71. The van der Waals surface area contributed by atoms with Gasteiger partial charge in [0.1, 0.15) is 0 Å². The molecule has 0 bridgehead atoms. The Bertz CT molecular complexity index is 989. The summed E-state index contributed by atoms with van der Waals surface area (Å²) in [6.07, 6.45) is 11.7. The fraction of sp³-hybridized carbons (Fsp3) is 0.333.